The van der Waals surface area contributed by atoms with Gasteiger partial charge in [-0.2, -0.15) is 0 Å². The molecule has 17 heavy (non-hydrogen) atoms. The Balaban J connectivity index is 1.88. The Kier molecular flexibility index (Phi) is 4.57. The predicted molar refractivity (Wildman–Crippen MR) is 74.3 cm³/mol. The predicted octanol–water partition coefficient (Wildman–Crippen LogP) is 3.76. The van der Waals surface area contributed by atoms with Gasteiger partial charge in [-0.25, -0.2) is 4.98 Å². The van der Waals surface area contributed by atoms with Crippen molar-refractivity contribution in [2.45, 2.75) is 59.0 Å². The number of nitrogens with one attached hydrogen (secondary N) is 1. The molecule has 2 nitrogen and oxygen atoms in total. The summed E-state index contributed by atoms with van der Waals surface area (Å²) >= 11 is 1.77. The van der Waals surface area contributed by atoms with Crippen LogP contribution in [0.15, 0.2) is 5.38 Å². The molecule has 1 saturated carbocycles. The highest BCUT2D eigenvalue weighted by Gasteiger charge is 2.26. The molecule has 1 heterocycles. The Morgan fingerprint density at radius 2 is 2.18 bits per heavy atom. The molecule has 1 aromatic heterocycles. The molecule has 2 rings (SSSR count). The molecule has 0 bridgehead atoms. The monoisotopic (exact) mass is 252 g/mol. The zero-order valence-electron chi connectivity index (χ0n) is 11.2. The van der Waals surface area contributed by atoms with E-state index in [0.717, 1.165) is 24.1 Å². The van der Waals surface area contributed by atoms with E-state index < -0.39 is 0 Å². The van der Waals surface area contributed by atoms with Crippen molar-refractivity contribution in [3.8, 4) is 0 Å². The van der Waals surface area contributed by atoms with Crippen LogP contribution in [0.2, 0.25) is 0 Å². The van der Waals surface area contributed by atoms with Crippen molar-refractivity contribution in [3.63, 3.8) is 0 Å². The van der Waals surface area contributed by atoms with Crippen LogP contribution in [0.3, 0.4) is 0 Å². The zero-order chi connectivity index (χ0) is 12.3. The zero-order valence-corrected chi connectivity index (χ0v) is 12.0. The summed E-state index contributed by atoms with van der Waals surface area (Å²) in [6.07, 6.45) is 5.54. The minimum atomic E-state index is 0.702. The Morgan fingerprint density at radius 3 is 2.82 bits per heavy atom. The van der Waals surface area contributed by atoms with E-state index in [2.05, 4.69) is 36.5 Å². The lowest BCUT2D eigenvalue weighted by Crippen LogP contribution is -2.40. The molecule has 0 saturated heterocycles. The molecule has 96 valence electrons. The highest BCUT2D eigenvalue weighted by Crippen LogP contribution is 2.30. The molecule has 2 unspecified atom stereocenters. The van der Waals surface area contributed by atoms with Crippen molar-refractivity contribution < 1.29 is 0 Å². The average molecular weight is 252 g/mol. The van der Waals surface area contributed by atoms with Gasteiger partial charge in [0, 0.05) is 23.7 Å². The quantitative estimate of drug-likeness (QED) is 0.882. The van der Waals surface area contributed by atoms with Crippen LogP contribution in [0.25, 0.3) is 0 Å². The molecular formula is C14H24N2S. The fourth-order valence-electron chi connectivity index (χ4n) is 2.91. The maximum absolute atomic E-state index is 4.52. The van der Waals surface area contributed by atoms with Gasteiger partial charge >= 0.3 is 0 Å². The van der Waals surface area contributed by atoms with E-state index in [1.54, 1.807) is 11.3 Å². The number of rotatable bonds is 4. The van der Waals surface area contributed by atoms with Crippen molar-refractivity contribution in [3.05, 3.63) is 16.1 Å². The van der Waals surface area contributed by atoms with E-state index in [4.69, 9.17) is 0 Å². The molecule has 3 heteroatoms. The van der Waals surface area contributed by atoms with E-state index in [1.807, 2.05) is 0 Å². The van der Waals surface area contributed by atoms with E-state index in [0.29, 0.717) is 6.04 Å². The maximum Gasteiger partial charge on any atom is 0.107 e. The maximum atomic E-state index is 4.52. The standard InChI is InChI=1S/C14H24N2S/c1-10(2)12-6-4-5-7-13(12)15-8-14-16-11(3)9-17-14/h9-10,12-13,15H,4-8H2,1-3H3. The highest BCUT2D eigenvalue weighted by atomic mass is 32.1. The molecule has 2 atom stereocenters. The van der Waals surface area contributed by atoms with Gasteiger partial charge in [-0.05, 0) is 31.6 Å². The van der Waals surface area contributed by atoms with Crippen LogP contribution < -0.4 is 5.32 Å². The second-order valence-electron chi connectivity index (χ2n) is 5.56. The van der Waals surface area contributed by atoms with Crippen LogP contribution in [0.1, 0.15) is 50.2 Å². The molecule has 0 aliphatic heterocycles. The first-order valence-electron chi connectivity index (χ1n) is 6.81. The molecule has 1 N–H and O–H groups in total. The van der Waals surface area contributed by atoms with Crippen LogP contribution in [-0.4, -0.2) is 11.0 Å². The lowest BCUT2D eigenvalue weighted by atomic mass is 9.78. The number of nitrogens with zero attached hydrogens (tertiary/aromatic N) is 1. The molecule has 0 aromatic carbocycles. The van der Waals surface area contributed by atoms with Crippen LogP contribution >= 0.6 is 11.3 Å². The first-order valence-corrected chi connectivity index (χ1v) is 7.69. The largest absolute Gasteiger partial charge is 0.307 e. The topological polar surface area (TPSA) is 24.9 Å². The third-order valence-corrected chi connectivity index (χ3v) is 4.82. The summed E-state index contributed by atoms with van der Waals surface area (Å²) in [4.78, 5) is 4.52. The fourth-order valence-corrected chi connectivity index (χ4v) is 3.64. The van der Waals surface area contributed by atoms with Gasteiger partial charge in [0.25, 0.3) is 0 Å². The van der Waals surface area contributed by atoms with Gasteiger partial charge in [-0.1, -0.05) is 26.7 Å². The molecule has 1 aliphatic rings. The Labute approximate surface area is 109 Å². The van der Waals surface area contributed by atoms with Crippen molar-refractivity contribution in [1.82, 2.24) is 10.3 Å². The van der Waals surface area contributed by atoms with Crippen molar-refractivity contribution in [2.75, 3.05) is 0 Å². The van der Waals surface area contributed by atoms with Gasteiger partial charge in [-0.3, -0.25) is 0 Å². The molecular weight excluding hydrogens is 228 g/mol. The minimum Gasteiger partial charge on any atom is -0.307 e. The van der Waals surface area contributed by atoms with Gasteiger partial charge in [0.1, 0.15) is 5.01 Å². The van der Waals surface area contributed by atoms with Crippen molar-refractivity contribution >= 4 is 11.3 Å². The lowest BCUT2D eigenvalue weighted by molar-refractivity contribution is 0.204. The van der Waals surface area contributed by atoms with Crippen molar-refractivity contribution in [1.29, 1.82) is 0 Å². The normalized spacial score (nSPS) is 25.4. The summed E-state index contributed by atoms with van der Waals surface area (Å²) in [7, 11) is 0. The van der Waals surface area contributed by atoms with E-state index in [9.17, 15) is 0 Å². The Hall–Kier alpha value is -0.410. The summed E-state index contributed by atoms with van der Waals surface area (Å²) in [6, 6.07) is 0.702. The van der Waals surface area contributed by atoms with Gasteiger partial charge in [0.15, 0.2) is 0 Å². The molecule has 1 aromatic rings. The minimum absolute atomic E-state index is 0.702. The molecule has 0 radical (unpaired) electrons. The Bertz CT molecular complexity index is 346. The van der Waals surface area contributed by atoms with Crippen LogP contribution in [0.4, 0.5) is 0 Å². The van der Waals surface area contributed by atoms with Crippen LogP contribution in [0, 0.1) is 18.8 Å². The molecule has 0 amide bonds. The average Bonchev–Trinajstić information content (AvgIpc) is 2.73. The fraction of sp³-hybridized carbons (Fsp3) is 0.786. The second kappa shape index (κ2) is 5.96. The number of hydrogen-bond donors (Lipinski definition) is 1. The first-order chi connectivity index (χ1) is 8.16. The summed E-state index contributed by atoms with van der Waals surface area (Å²) in [5.74, 6) is 1.65. The smallest absolute Gasteiger partial charge is 0.107 e. The highest BCUT2D eigenvalue weighted by molar-refractivity contribution is 7.09. The number of aromatic nitrogens is 1. The number of aryl methyl sites for hydroxylation is 1. The molecule has 1 fully saturated rings. The SMILES string of the molecule is Cc1csc(CNC2CCCCC2C(C)C)n1. The summed E-state index contributed by atoms with van der Waals surface area (Å²) in [5, 5.41) is 7.10. The third kappa shape index (κ3) is 3.52. The van der Waals surface area contributed by atoms with Crippen LogP contribution in [0.5, 0.6) is 0 Å². The van der Waals surface area contributed by atoms with E-state index in [1.165, 1.54) is 30.7 Å². The number of thiazole rings is 1. The summed E-state index contributed by atoms with van der Waals surface area (Å²) in [6.45, 7) is 7.74. The van der Waals surface area contributed by atoms with Crippen LogP contribution in [-0.2, 0) is 6.54 Å². The first kappa shape index (κ1) is 13.0. The van der Waals surface area contributed by atoms with E-state index >= 15 is 0 Å². The van der Waals surface area contributed by atoms with Gasteiger partial charge in [0.05, 0.1) is 0 Å². The molecule has 1 aliphatic carbocycles. The third-order valence-electron chi connectivity index (χ3n) is 3.86. The number of hydrogen-bond acceptors (Lipinski definition) is 3. The summed E-state index contributed by atoms with van der Waals surface area (Å²) in [5.41, 5.74) is 1.15. The summed E-state index contributed by atoms with van der Waals surface area (Å²) < 4.78 is 0. The molecule has 0 spiro atoms. The van der Waals surface area contributed by atoms with Gasteiger partial charge in [-0.15, -0.1) is 11.3 Å². The van der Waals surface area contributed by atoms with Crippen molar-refractivity contribution in [2.24, 2.45) is 11.8 Å². The lowest BCUT2D eigenvalue weighted by Gasteiger charge is -2.34. The van der Waals surface area contributed by atoms with E-state index in [-0.39, 0.29) is 0 Å². The van der Waals surface area contributed by atoms with Gasteiger partial charge < -0.3 is 5.32 Å². The van der Waals surface area contributed by atoms with Gasteiger partial charge in [0.2, 0.25) is 0 Å². The second-order valence-corrected chi connectivity index (χ2v) is 6.51. The Morgan fingerprint density at radius 1 is 1.41 bits per heavy atom.